The highest BCUT2D eigenvalue weighted by atomic mass is 79.9. The van der Waals surface area contributed by atoms with Gasteiger partial charge in [0.2, 0.25) is 11.8 Å². The second-order valence-corrected chi connectivity index (χ2v) is 8.79. The Bertz CT molecular complexity index is 957. The number of nitrogens with one attached hydrogen (secondary N) is 1. The van der Waals surface area contributed by atoms with Crippen LogP contribution in [-0.4, -0.2) is 30.6 Å². The van der Waals surface area contributed by atoms with E-state index in [-0.39, 0.29) is 17.7 Å². The van der Waals surface area contributed by atoms with Crippen LogP contribution in [0.15, 0.2) is 57.9 Å². The third-order valence-corrected chi connectivity index (χ3v) is 6.47. The Morgan fingerprint density at radius 3 is 2.54 bits per heavy atom. The number of amides is 2. The molecule has 1 aliphatic heterocycles. The summed E-state index contributed by atoms with van der Waals surface area (Å²) < 4.78 is 27.3. The van der Waals surface area contributed by atoms with Gasteiger partial charge in [0.15, 0.2) is 0 Å². The van der Waals surface area contributed by atoms with Gasteiger partial charge in [-0.25, -0.2) is 12.7 Å². The number of nitrogens with zero attached hydrogens (tertiary/aromatic N) is 1. The van der Waals surface area contributed by atoms with Crippen molar-refractivity contribution in [3.63, 3.8) is 0 Å². The first-order valence-electron chi connectivity index (χ1n) is 7.99. The van der Waals surface area contributed by atoms with E-state index in [4.69, 9.17) is 0 Å². The van der Waals surface area contributed by atoms with Gasteiger partial charge >= 0.3 is 0 Å². The molecule has 1 N–H and O–H groups in total. The number of hydrogen-bond donors (Lipinski definition) is 1. The maximum absolute atomic E-state index is 12.9. The highest BCUT2D eigenvalue weighted by Gasteiger charge is 2.44. The maximum Gasteiger partial charge on any atom is 0.267 e. The Balaban J connectivity index is 1.88. The van der Waals surface area contributed by atoms with Gasteiger partial charge in [-0.2, -0.15) is 0 Å². The molecule has 26 heavy (non-hydrogen) atoms. The molecule has 0 bridgehead atoms. The lowest BCUT2D eigenvalue weighted by Crippen LogP contribution is -2.45. The molecule has 8 heteroatoms. The van der Waals surface area contributed by atoms with E-state index in [0.717, 1.165) is 10.0 Å². The molecule has 0 spiro atoms. The molecular weight excluding hydrogens is 420 g/mol. The zero-order valence-electron chi connectivity index (χ0n) is 14.0. The van der Waals surface area contributed by atoms with E-state index in [0.29, 0.717) is 9.99 Å². The number of hydrogen-bond acceptors (Lipinski definition) is 4. The predicted molar refractivity (Wildman–Crippen MR) is 101 cm³/mol. The Kier molecular flexibility index (Phi) is 5.15. The van der Waals surface area contributed by atoms with Crippen molar-refractivity contribution >= 4 is 43.5 Å². The Morgan fingerprint density at radius 2 is 1.88 bits per heavy atom. The Hall–Kier alpha value is -2.19. The minimum absolute atomic E-state index is 0.00129. The fraction of sp³-hybridized carbons (Fsp3) is 0.222. The fourth-order valence-corrected chi connectivity index (χ4v) is 4.82. The summed E-state index contributed by atoms with van der Waals surface area (Å²) in [6.07, 6.45) is 0.172. The van der Waals surface area contributed by atoms with Gasteiger partial charge in [0.1, 0.15) is 6.04 Å². The van der Waals surface area contributed by atoms with Crippen LogP contribution in [0, 0.1) is 6.92 Å². The number of carbonyl (C=O) groups is 2. The molecule has 0 radical (unpaired) electrons. The summed E-state index contributed by atoms with van der Waals surface area (Å²) >= 11 is 3.31. The van der Waals surface area contributed by atoms with Gasteiger partial charge in [-0.05, 0) is 43.7 Å². The van der Waals surface area contributed by atoms with Crippen molar-refractivity contribution < 1.29 is 18.0 Å². The van der Waals surface area contributed by atoms with Gasteiger partial charge in [-0.15, -0.1) is 0 Å². The van der Waals surface area contributed by atoms with Gasteiger partial charge in [0.05, 0.1) is 4.90 Å². The molecule has 1 aliphatic rings. The molecule has 0 aliphatic carbocycles. The summed E-state index contributed by atoms with van der Waals surface area (Å²) in [7, 11) is -4.09. The first-order valence-corrected chi connectivity index (χ1v) is 10.2. The standard InChI is InChI=1S/C18H17BrN2O4S/c1-12-5-7-15(8-6-12)26(24,25)21-16(9-10-17(21)22)18(23)20-14-4-2-3-13(19)11-14/h2-8,11,16H,9-10H2,1H3,(H,20,23). The molecule has 1 heterocycles. The number of anilines is 1. The summed E-state index contributed by atoms with van der Waals surface area (Å²) in [6.45, 7) is 1.84. The maximum atomic E-state index is 12.9. The summed E-state index contributed by atoms with van der Waals surface area (Å²) in [4.78, 5) is 24.9. The SMILES string of the molecule is Cc1ccc(S(=O)(=O)N2C(=O)CCC2C(=O)Nc2cccc(Br)c2)cc1. The van der Waals surface area contributed by atoms with Crippen LogP contribution in [0.5, 0.6) is 0 Å². The Labute approximate surface area is 160 Å². The molecule has 1 atom stereocenters. The lowest BCUT2D eigenvalue weighted by molar-refractivity contribution is -0.128. The van der Waals surface area contributed by atoms with E-state index in [1.165, 1.54) is 12.1 Å². The largest absolute Gasteiger partial charge is 0.324 e. The molecule has 136 valence electrons. The van der Waals surface area contributed by atoms with Crippen molar-refractivity contribution in [2.75, 3.05) is 5.32 Å². The number of rotatable bonds is 4. The smallest absolute Gasteiger partial charge is 0.267 e. The van der Waals surface area contributed by atoms with Crippen LogP contribution in [0.1, 0.15) is 18.4 Å². The molecular formula is C18H17BrN2O4S. The topological polar surface area (TPSA) is 83.6 Å². The quantitative estimate of drug-likeness (QED) is 0.797. The van der Waals surface area contributed by atoms with Crippen LogP contribution in [0.4, 0.5) is 5.69 Å². The predicted octanol–water partition coefficient (Wildman–Crippen LogP) is 3.08. The number of sulfonamides is 1. The minimum Gasteiger partial charge on any atom is -0.324 e. The summed E-state index contributed by atoms with van der Waals surface area (Å²) in [5, 5.41) is 2.68. The average molecular weight is 437 g/mol. The van der Waals surface area contributed by atoms with Crippen molar-refractivity contribution in [2.45, 2.75) is 30.7 Å². The number of benzene rings is 2. The first kappa shape index (κ1) is 18.6. The zero-order chi connectivity index (χ0) is 18.9. The lowest BCUT2D eigenvalue weighted by Gasteiger charge is -2.23. The third-order valence-electron chi connectivity index (χ3n) is 4.13. The molecule has 1 saturated heterocycles. The second kappa shape index (κ2) is 7.20. The minimum atomic E-state index is -4.09. The van der Waals surface area contributed by atoms with Crippen LogP contribution in [0.25, 0.3) is 0 Å². The van der Waals surface area contributed by atoms with Crippen molar-refractivity contribution in [3.05, 3.63) is 58.6 Å². The normalized spacial score (nSPS) is 17.4. The van der Waals surface area contributed by atoms with Crippen molar-refractivity contribution in [1.29, 1.82) is 0 Å². The number of aryl methyl sites for hydroxylation is 1. The molecule has 3 rings (SSSR count). The molecule has 2 aromatic rings. The van der Waals surface area contributed by atoms with E-state index in [1.807, 2.05) is 13.0 Å². The summed E-state index contributed by atoms with van der Waals surface area (Å²) in [5.41, 5.74) is 1.43. The summed E-state index contributed by atoms with van der Waals surface area (Å²) in [5.74, 6) is -1.09. The fourth-order valence-electron chi connectivity index (χ4n) is 2.82. The van der Waals surface area contributed by atoms with Crippen LogP contribution in [-0.2, 0) is 19.6 Å². The van der Waals surface area contributed by atoms with Crippen LogP contribution < -0.4 is 5.32 Å². The van der Waals surface area contributed by atoms with E-state index < -0.39 is 27.9 Å². The van der Waals surface area contributed by atoms with Crippen molar-refractivity contribution in [3.8, 4) is 0 Å². The lowest BCUT2D eigenvalue weighted by atomic mass is 10.2. The van der Waals surface area contributed by atoms with Gasteiger partial charge in [0, 0.05) is 16.6 Å². The molecule has 0 saturated carbocycles. The number of halogens is 1. The van der Waals surface area contributed by atoms with Gasteiger partial charge in [-0.3, -0.25) is 9.59 Å². The van der Waals surface area contributed by atoms with Crippen LogP contribution in [0.2, 0.25) is 0 Å². The highest BCUT2D eigenvalue weighted by Crippen LogP contribution is 2.28. The van der Waals surface area contributed by atoms with Gasteiger partial charge < -0.3 is 5.32 Å². The Morgan fingerprint density at radius 1 is 1.19 bits per heavy atom. The molecule has 2 amide bonds. The summed E-state index contributed by atoms with van der Waals surface area (Å²) in [6, 6.07) is 12.1. The van der Waals surface area contributed by atoms with E-state index in [9.17, 15) is 18.0 Å². The van der Waals surface area contributed by atoms with Crippen LogP contribution in [0.3, 0.4) is 0 Å². The molecule has 1 unspecified atom stereocenters. The molecule has 6 nitrogen and oxygen atoms in total. The number of carbonyl (C=O) groups excluding carboxylic acids is 2. The van der Waals surface area contributed by atoms with E-state index >= 15 is 0 Å². The van der Waals surface area contributed by atoms with Gasteiger partial charge in [-0.1, -0.05) is 39.7 Å². The molecule has 2 aromatic carbocycles. The monoisotopic (exact) mass is 436 g/mol. The average Bonchev–Trinajstić information content (AvgIpc) is 2.98. The third kappa shape index (κ3) is 3.66. The second-order valence-electron chi connectivity index (χ2n) is 6.06. The first-order chi connectivity index (χ1) is 12.3. The van der Waals surface area contributed by atoms with Crippen molar-refractivity contribution in [1.82, 2.24) is 4.31 Å². The van der Waals surface area contributed by atoms with Crippen molar-refractivity contribution in [2.24, 2.45) is 0 Å². The highest BCUT2D eigenvalue weighted by molar-refractivity contribution is 9.10. The van der Waals surface area contributed by atoms with Gasteiger partial charge in [0.25, 0.3) is 10.0 Å². The zero-order valence-corrected chi connectivity index (χ0v) is 16.4. The van der Waals surface area contributed by atoms with Crippen LogP contribution >= 0.6 is 15.9 Å². The van der Waals surface area contributed by atoms with E-state index in [1.54, 1.807) is 30.3 Å². The molecule has 1 fully saturated rings. The van der Waals surface area contributed by atoms with E-state index in [2.05, 4.69) is 21.2 Å². The molecule has 0 aromatic heterocycles.